The molecule has 0 saturated carbocycles. The first-order valence-electron chi connectivity index (χ1n) is 10.5. The zero-order valence-corrected chi connectivity index (χ0v) is 18.3. The lowest BCUT2D eigenvalue weighted by Gasteiger charge is -2.27. The summed E-state index contributed by atoms with van der Waals surface area (Å²) in [7, 11) is 0. The van der Waals surface area contributed by atoms with E-state index in [9.17, 15) is 19.8 Å². The lowest BCUT2D eigenvalue weighted by atomic mass is 9.95. The van der Waals surface area contributed by atoms with Crippen LogP contribution >= 0.6 is 11.6 Å². The molecule has 0 spiro atoms. The van der Waals surface area contributed by atoms with Crippen LogP contribution in [0.4, 0.5) is 0 Å². The van der Waals surface area contributed by atoms with E-state index in [-0.39, 0.29) is 34.6 Å². The fraction of sp³-hybridized carbons (Fsp3) is 0.333. The lowest BCUT2D eigenvalue weighted by molar-refractivity contribution is -0.140. The normalized spacial score (nSPS) is 22.5. The molecule has 2 saturated heterocycles. The van der Waals surface area contributed by atoms with E-state index < -0.39 is 23.5 Å². The smallest absolute Gasteiger partial charge is 0.295 e. The molecule has 168 valence electrons. The van der Waals surface area contributed by atoms with Crippen molar-refractivity contribution in [3.8, 4) is 11.5 Å². The number of carbonyl (C=O) groups is 2. The number of aromatic hydroxyl groups is 1. The SMILES string of the molecule is CCOc1ccc(Cl)c(/C(O)=C2\C(=O)C(=O)N(CC3CCCO3)C2c2cccc(O)c2)c1. The molecule has 1 amide bonds. The predicted molar refractivity (Wildman–Crippen MR) is 119 cm³/mol. The van der Waals surface area contributed by atoms with E-state index >= 15 is 0 Å². The Labute approximate surface area is 190 Å². The highest BCUT2D eigenvalue weighted by atomic mass is 35.5. The molecule has 2 heterocycles. The van der Waals surface area contributed by atoms with Crippen LogP contribution in [0.1, 0.15) is 36.9 Å². The van der Waals surface area contributed by atoms with Crippen LogP contribution in [0.15, 0.2) is 48.0 Å². The number of hydrogen-bond acceptors (Lipinski definition) is 6. The molecule has 2 aliphatic rings. The first kappa shape index (κ1) is 22.2. The molecule has 0 aromatic heterocycles. The largest absolute Gasteiger partial charge is 0.508 e. The van der Waals surface area contributed by atoms with E-state index in [0.29, 0.717) is 24.5 Å². The van der Waals surface area contributed by atoms with E-state index in [1.165, 1.54) is 23.1 Å². The van der Waals surface area contributed by atoms with Gasteiger partial charge in [0.15, 0.2) is 0 Å². The second kappa shape index (κ2) is 9.22. The molecule has 2 N–H and O–H groups in total. The van der Waals surface area contributed by atoms with Gasteiger partial charge in [-0.1, -0.05) is 23.7 Å². The maximum Gasteiger partial charge on any atom is 0.295 e. The van der Waals surface area contributed by atoms with Crippen molar-refractivity contribution in [2.24, 2.45) is 0 Å². The number of aliphatic hydroxyl groups excluding tert-OH is 1. The van der Waals surface area contributed by atoms with Crippen molar-refractivity contribution in [1.29, 1.82) is 0 Å². The Morgan fingerprint density at radius 3 is 2.75 bits per heavy atom. The highest BCUT2D eigenvalue weighted by molar-refractivity contribution is 6.47. The number of halogens is 1. The number of hydrogen-bond donors (Lipinski definition) is 2. The average Bonchev–Trinajstić information content (AvgIpc) is 3.37. The van der Waals surface area contributed by atoms with E-state index in [0.717, 1.165) is 12.8 Å². The second-order valence-electron chi connectivity index (χ2n) is 7.76. The molecule has 2 aromatic carbocycles. The summed E-state index contributed by atoms with van der Waals surface area (Å²) in [6, 6.07) is 10.2. The Morgan fingerprint density at radius 2 is 2.06 bits per heavy atom. The van der Waals surface area contributed by atoms with Crippen molar-refractivity contribution >= 4 is 29.1 Å². The maximum absolute atomic E-state index is 13.1. The van der Waals surface area contributed by atoms with Gasteiger partial charge in [-0.15, -0.1) is 0 Å². The number of carbonyl (C=O) groups excluding carboxylic acids is 2. The molecule has 2 atom stereocenters. The topological polar surface area (TPSA) is 96.3 Å². The number of rotatable bonds is 6. The molecular formula is C24H24ClNO6. The maximum atomic E-state index is 13.1. The first-order valence-corrected chi connectivity index (χ1v) is 10.9. The summed E-state index contributed by atoms with van der Waals surface area (Å²) in [5.41, 5.74) is 0.605. The molecule has 2 aromatic rings. The Balaban J connectivity index is 1.85. The number of Topliss-reactive ketones (excluding diaryl/α,β-unsaturated/α-hetero) is 1. The zero-order chi connectivity index (χ0) is 22.8. The first-order chi connectivity index (χ1) is 15.4. The van der Waals surface area contributed by atoms with Crippen LogP contribution in [0.2, 0.25) is 5.02 Å². The molecule has 0 radical (unpaired) electrons. The van der Waals surface area contributed by atoms with Crippen LogP contribution < -0.4 is 4.74 Å². The van der Waals surface area contributed by atoms with Crippen LogP contribution in [0.5, 0.6) is 11.5 Å². The minimum Gasteiger partial charge on any atom is -0.508 e. The van der Waals surface area contributed by atoms with E-state index in [1.54, 1.807) is 24.3 Å². The number of amides is 1. The standard InChI is InChI=1S/C24H24ClNO6/c1-2-31-16-8-9-19(25)18(12-16)22(28)20-21(14-5-3-6-15(27)11-14)26(24(30)23(20)29)13-17-7-4-10-32-17/h3,5-6,8-9,11-12,17,21,27-28H,2,4,7,10,13H2,1H3/b22-20+. The Morgan fingerprint density at radius 1 is 1.25 bits per heavy atom. The summed E-state index contributed by atoms with van der Waals surface area (Å²) in [6.07, 6.45) is 1.46. The molecule has 7 nitrogen and oxygen atoms in total. The van der Waals surface area contributed by atoms with Crippen LogP contribution in [-0.2, 0) is 14.3 Å². The average molecular weight is 458 g/mol. The molecular weight excluding hydrogens is 434 g/mol. The minimum atomic E-state index is -0.891. The monoisotopic (exact) mass is 457 g/mol. The summed E-state index contributed by atoms with van der Waals surface area (Å²) in [5.74, 6) is -1.47. The van der Waals surface area contributed by atoms with E-state index in [1.807, 2.05) is 6.92 Å². The van der Waals surface area contributed by atoms with Gasteiger partial charge in [-0.25, -0.2) is 0 Å². The number of ketones is 1. The van der Waals surface area contributed by atoms with Gasteiger partial charge in [0.2, 0.25) is 0 Å². The third kappa shape index (κ3) is 4.18. The zero-order valence-electron chi connectivity index (χ0n) is 17.6. The van der Waals surface area contributed by atoms with Gasteiger partial charge in [0, 0.05) is 18.7 Å². The number of likely N-dealkylation sites (tertiary alicyclic amines) is 1. The molecule has 0 aliphatic carbocycles. The van der Waals surface area contributed by atoms with Gasteiger partial charge in [0.25, 0.3) is 11.7 Å². The van der Waals surface area contributed by atoms with Crippen LogP contribution in [0.3, 0.4) is 0 Å². The van der Waals surface area contributed by atoms with Crippen molar-refractivity contribution in [3.63, 3.8) is 0 Å². The number of phenolic OH excluding ortho intramolecular Hbond substituents is 1. The van der Waals surface area contributed by atoms with Gasteiger partial charge in [0.1, 0.15) is 17.3 Å². The van der Waals surface area contributed by atoms with Crippen LogP contribution in [0.25, 0.3) is 5.76 Å². The summed E-state index contributed by atoms with van der Waals surface area (Å²) in [6.45, 7) is 3.04. The number of ether oxygens (including phenoxy) is 2. The van der Waals surface area contributed by atoms with Gasteiger partial charge in [-0.3, -0.25) is 9.59 Å². The number of aliphatic hydroxyl groups is 1. The minimum absolute atomic E-state index is 0.0124. The molecule has 4 rings (SSSR count). The van der Waals surface area contributed by atoms with Crippen LogP contribution in [-0.4, -0.2) is 52.7 Å². The quantitative estimate of drug-likeness (QED) is 0.386. The summed E-state index contributed by atoms with van der Waals surface area (Å²) < 4.78 is 11.2. The highest BCUT2D eigenvalue weighted by Crippen LogP contribution is 2.42. The summed E-state index contributed by atoms with van der Waals surface area (Å²) >= 11 is 6.33. The van der Waals surface area contributed by atoms with Crippen molar-refractivity contribution < 1.29 is 29.3 Å². The molecule has 0 bridgehead atoms. The highest BCUT2D eigenvalue weighted by Gasteiger charge is 2.47. The molecule has 2 fully saturated rings. The number of phenols is 1. The summed E-state index contributed by atoms with van der Waals surface area (Å²) in [4.78, 5) is 27.5. The second-order valence-corrected chi connectivity index (χ2v) is 8.16. The van der Waals surface area contributed by atoms with Gasteiger partial charge < -0.3 is 24.6 Å². The van der Waals surface area contributed by atoms with Crippen LogP contribution in [0, 0.1) is 0 Å². The third-order valence-corrected chi connectivity index (χ3v) is 5.98. The molecule has 2 aliphatic heterocycles. The van der Waals surface area contributed by atoms with Gasteiger partial charge in [-0.05, 0) is 55.7 Å². The van der Waals surface area contributed by atoms with Crippen molar-refractivity contribution in [2.75, 3.05) is 19.8 Å². The fourth-order valence-electron chi connectivity index (χ4n) is 4.20. The van der Waals surface area contributed by atoms with E-state index in [2.05, 4.69) is 0 Å². The van der Waals surface area contributed by atoms with Crippen molar-refractivity contribution in [2.45, 2.75) is 31.9 Å². The molecule has 8 heteroatoms. The predicted octanol–water partition coefficient (Wildman–Crippen LogP) is 4.05. The third-order valence-electron chi connectivity index (χ3n) is 5.65. The van der Waals surface area contributed by atoms with Gasteiger partial charge in [-0.2, -0.15) is 0 Å². The Bertz CT molecular complexity index is 1080. The van der Waals surface area contributed by atoms with Crippen molar-refractivity contribution in [1.82, 2.24) is 4.90 Å². The van der Waals surface area contributed by atoms with Crippen molar-refractivity contribution in [3.05, 3.63) is 64.2 Å². The summed E-state index contributed by atoms with van der Waals surface area (Å²) in [5, 5.41) is 21.4. The van der Waals surface area contributed by atoms with Gasteiger partial charge >= 0.3 is 0 Å². The fourth-order valence-corrected chi connectivity index (χ4v) is 4.41. The van der Waals surface area contributed by atoms with E-state index in [4.69, 9.17) is 21.1 Å². The van der Waals surface area contributed by atoms with Gasteiger partial charge in [0.05, 0.1) is 29.3 Å². The lowest BCUT2D eigenvalue weighted by Crippen LogP contribution is -2.36. The molecule has 32 heavy (non-hydrogen) atoms. The number of nitrogens with zero attached hydrogens (tertiary/aromatic N) is 1. The number of benzene rings is 2. The Kier molecular flexibility index (Phi) is 6.39. The molecule has 2 unspecified atom stereocenters. The Hall–Kier alpha value is -3.03.